The van der Waals surface area contributed by atoms with Gasteiger partial charge in [0.25, 0.3) is 0 Å². The van der Waals surface area contributed by atoms with Gasteiger partial charge in [0.2, 0.25) is 0 Å². The van der Waals surface area contributed by atoms with Crippen molar-refractivity contribution in [3.63, 3.8) is 0 Å². The monoisotopic (exact) mass is 322 g/mol. The average molecular weight is 322 g/mol. The summed E-state index contributed by atoms with van der Waals surface area (Å²) < 4.78 is 18.7. The van der Waals surface area contributed by atoms with Gasteiger partial charge in [-0.25, -0.2) is 0 Å². The van der Waals surface area contributed by atoms with Crippen molar-refractivity contribution < 1.29 is 19.3 Å². The lowest BCUT2D eigenvalue weighted by Crippen LogP contribution is -2.63. The molecule has 2 heterocycles. The molecule has 0 amide bonds. The van der Waals surface area contributed by atoms with Crippen molar-refractivity contribution in [1.29, 1.82) is 0 Å². The fourth-order valence-corrected chi connectivity index (χ4v) is 6.17. The van der Waals surface area contributed by atoms with E-state index in [0.717, 1.165) is 12.8 Å². The molecular weight excluding hydrogens is 292 g/mol. The van der Waals surface area contributed by atoms with E-state index in [4.69, 9.17) is 14.2 Å². The van der Waals surface area contributed by atoms with Crippen LogP contribution in [0.15, 0.2) is 11.1 Å². The molecule has 1 saturated carbocycles. The van der Waals surface area contributed by atoms with Gasteiger partial charge in [0.15, 0.2) is 12.1 Å². The number of fused-ring (bicyclic) bond motifs is 2. The third kappa shape index (κ3) is 1.98. The molecule has 4 heteroatoms. The van der Waals surface area contributed by atoms with Gasteiger partial charge in [-0.15, -0.1) is 0 Å². The van der Waals surface area contributed by atoms with E-state index in [-0.39, 0.29) is 29.6 Å². The second-order valence-electron chi connectivity index (χ2n) is 8.78. The van der Waals surface area contributed by atoms with Crippen LogP contribution in [0.2, 0.25) is 0 Å². The summed E-state index contributed by atoms with van der Waals surface area (Å²) in [5.74, 6) is 0.408. The number of hydrogen-bond acceptors (Lipinski definition) is 4. The Kier molecular flexibility index (Phi) is 3.36. The fraction of sp³-hybridized carbons (Fsp3) is 0.895. The Morgan fingerprint density at radius 3 is 2.48 bits per heavy atom. The first-order valence-corrected chi connectivity index (χ1v) is 9.07. The molecular formula is C19H30O4. The van der Waals surface area contributed by atoms with Gasteiger partial charge < -0.3 is 19.3 Å². The first kappa shape index (κ1) is 16.1. The van der Waals surface area contributed by atoms with Gasteiger partial charge in [-0.2, -0.15) is 0 Å². The van der Waals surface area contributed by atoms with E-state index in [2.05, 4.69) is 27.7 Å². The average Bonchev–Trinajstić information content (AvgIpc) is 2.76. The van der Waals surface area contributed by atoms with Gasteiger partial charge in [-0.1, -0.05) is 26.3 Å². The van der Waals surface area contributed by atoms with Crippen LogP contribution >= 0.6 is 0 Å². The lowest BCUT2D eigenvalue weighted by molar-refractivity contribution is -0.248. The van der Waals surface area contributed by atoms with E-state index in [0.29, 0.717) is 11.8 Å². The number of rotatable bonds is 0. The number of aliphatic hydroxyl groups excluding tert-OH is 1. The third-order valence-electron chi connectivity index (χ3n) is 6.96. The zero-order valence-corrected chi connectivity index (χ0v) is 15.1. The number of aliphatic hydroxyl groups is 1. The van der Waals surface area contributed by atoms with Crippen molar-refractivity contribution in [1.82, 2.24) is 0 Å². The smallest absolute Gasteiger partial charge is 0.164 e. The van der Waals surface area contributed by atoms with Gasteiger partial charge in [-0.3, -0.25) is 0 Å². The molecule has 0 aromatic rings. The molecule has 0 aromatic heterocycles. The van der Waals surface area contributed by atoms with Crippen molar-refractivity contribution in [2.75, 3.05) is 0 Å². The molecule has 8 atom stereocenters. The molecule has 1 N–H and O–H groups in total. The van der Waals surface area contributed by atoms with Crippen LogP contribution in [-0.4, -0.2) is 35.5 Å². The van der Waals surface area contributed by atoms with Crippen LogP contribution in [-0.2, 0) is 14.2 Å². The molecule has 3 fully saturated rings. The quantitative estimate of drug-likeness (QED) is 0.696. The van der Waals surface area contributed by atoms with E-state index in [9.17, 15) is 5.11 Å². The van der Waals surface area contributed by atoms with E-state index < -0.39 is 12.1 Å². The highest BCUT2D eigenvalue weighted by atomic mass is 16.8. The molecule has 4 rings (SSSR count). The summed E-state index contributed by atoms with van der Waals surface area (Å²) in [5.41, 5.74) is 2.55. The Bertz CT molecular complexity index is 554. The first-order chi connectivity index (χ1) is 10.7. The minimum absolute atomic E-state index is 0.00650. The third-order valence-corrected chi connectivity index (χ3v) is 6.96. The molecule has 0 aromatic carbocycles. The molecule has 4 nitrogen and oxygen atoms in total. The summed E-state index contributed by atoms with van der Waals surface area (Å²) in [4.78, 5) is 0. The van der Waals surface area contributed by atoms with Crippen molar-refractivity contribution in [3.05, 3.63) is 11.1 Å². The standard InChI is InChI=1S/C19H30O4/c1-9-7-8-12-19(6)13(9)16-15(22-18(4,5)23-16)10(2)14(19)11(3)17(20)21-12/h9,11-13,15-17,20H,7-8H2,1-6H3/t9-,11+,12+,13-,15-,16+,17?,19+/m1/s1. The zero-order chi connectivity index (χ0) is 16.7. The number of ether oxygens (including phenoxy) is 3. The molecule has 0 bridgehead atoms. The summed E-state index contributed by atoms with van der Waals surface area (Å²) in [5, 5.41) is 10.4. The predicted octanol–water partition coefficient (Wildman–Crippen LogP) is 3.24. The van der Waals surface area contributed by atoms with Crippen molar-refractivity contribution >= 4 is 0 Å². The molecule has 1 unspecified atom stereocenters. The molecule has 4 aliphatic rings. The Hall–Kier alpha value is -0.420. The van der Waals surface area contributed by atoms with Crippen LogP contribution in [0.1, 0.15) is 54.4 Å². The van der Waals surface area contributed by atoms with Crippen LogP contribution in [0.25, 0.3) is 0 Å². The number of hydrogen-bond donors (Lipinski definition) is 1. The van der Waals surface area contributed by atoms with Crippen LogP contribution in [0.4, 0.5) is 0 Å². The summed E-state index contributed by atoms with van der Waals surface area (Å²) in [6, 6.07) is 0. The largest absolute Gasteiger partial charge is 0.367 e. The molecule has 2 saturated heterocycles. The van der Waals surface area contributed by atoms with Crippen LogP contribution in [0.3, 0.4) is 0 Å². The van der Waals surface area contributed by atoms with Gasteiger partial charge in [0.05, 0.1) is 12.2 Å². The first-order valence-electron chi connectivity index (χ1n) is 9.07. The van der Waals surface area contributed by atoms with Crippen molar-refractivity contribution in [2.45, 2.75) is 84.8 Å². The van der Waals surface area contributed by atoms with E-state index in [1.54, 1.807) is 0 Å². The SMILES string of the molecule is CC1=C2[C@H](C)C(O)O[C@H]3CC[C@@H](C)[C@H]([C@@H]4OC(C)(C)O[C@H]14)[C@@]23C. The van der Waals surface area contributed by atoms with E-state index in [1.807, 2.05) is 13.8 Å². The van der Waals surface area contributed by atoms with Crippen molar-refractivity contribution in [2.24, 2.45) is 23.2 Å². The molecule has 0 radical (unpaired) electrons. The molecule has 130 valence electrons. The van der Waals surface area contributed by atoms with Crippen LogP contribution in [0, 0.1) is 23.2 Å². The predicted molar refractivity (Wildman–Crippen MR) is 86.6 cm³/mol. The van der Waals surface area contributed by atoms with Gasteiger partial charge in [-0.05, 0) is 45.1 Å². The summed E-state index contributed by atoms with van der Waals surface area (Å²) >= 11 is 0. The maximum absolute atomic E-state index is 10.4. The summed E-state index contributed by atoms with van der Waals surface area (Å²) in [7, 11) is 0. The minimum Gasteiger partial charge on any atom is -0.367 e. The highest BCUT2D eigenvalue weighted by Crippen LogP contribution is 2.63. The Morgan fingerprint density at radius 1 is 1.09 bits per heavy atom. The van der Waals surface area contributed by atoms with E-state index >= 15 is 0 Å². The normalized spacial score (nSPS) is 54.7. The Morgan fingerprint density at radius 2 is 1.78 bits per heavy atom. The molecule has 2 aliphatic heterocycles. The Balaban J connectivity index is 1.90. The van der Waals surface area contributed by atoms with Gasteiger partial charge in [0, 0.05) is 17.3 Å². The molecule has 2 aliphatic carbocycles. The molecule has 23 heavy (non-hydrogen) atoms. The highest BCUT2D eigenvalue weighted by Gasteiger charge is 2.64. The fourth-order valence-electron chi connectivity index (χ4n) is 6.17. The summed E-state index contributed by atoms with van der Waals surface area (Å²) in [6.45, 7) is 13.0. The maximum Gasteiger partial charge on any atom is 0.164 e. The van der Waals surface area contributed by atoms with Gasteiger partial charge in [0.1, 0.15) is 6.10 Å². The lowest BCUT2D eigenvalue weighted by atomic mass is 9.49. The topological polar surface area (TPSA) is 47.9 Å². The maximum atomic E-state index is 10.4. The highest BCUT2D eigenvalue weighted by molar-refractivity contribution is 5.37. The second-order valence-corrected chi connectivity index (χ2v) is 8.78. The lowest BCUT2D eigenvalue weighted by Gasteiger charge is -2.61. The van der Waals surface area contributed by atoms with Gasteiger partial charge >= 0.3 is 0 Å². The second kappa shape index (κ2) is 4.81. The van der Waals surface area contributed by atoms with Crippen LogP contribution < -0.4 is 0 Å². The summed E-state index contributed by atoms with van der Waals surface area (Å²) in [6.07, 6.45) is 1.59. The Labute approximate surface area is 139 Å². The zero-order valence-electron chi connectivity index (χ0n) is 15.1. The minimum atomic E-state index is -0.709. The van der Waals surface area contributed by atoms with Crippen molar-refractivity contribution in [3.8, 4) is 0 Å². The van der Waals surface area contributed by atoms with Crippen LogP contribution in [0.5, 0.6) is 0 Å². The molecule has 0 spiro atoms. The van der Waals surface area contributed by atoms with E-state index in [1.165, 1.54) is 11.1 Å².